The minimum atomic E-state index is -0.336. The summed E-state index contributed by atoms with van der Waals surface area (Å²) < 4.78 is 5.29. The highest BCUT2D eigenvalue weighted by atomic mass is 35.5. The van der Waals surface area contributed by atoms with Crippen LogP contribution in [0, 0.1) is 0 Å². The van der Waals surface area contributed by atoms with E-state index in [1.165, 1.54) is 0 Å². The van der Waals surface area contributed by atoms with Crippen molar-refractivity contribution in [3.05, 3.63) is 29.3 Å². The lowest BCUT2D eigenvalue weighted by Gasteiger charge is -2.15. The zero-order valence-electron chi connectivity index (χ0n) is 11.1. The van der Waals surface area contributed by atoms with Gasteiger partial charge in [0.15, 0.2) is 6.61 Å². The van der Waals surface area contributed by atoms with E-state index in [2.05, 4.69) is 5.32 Å². The number of carbonyl (C=O) groups is 2. The fourth-order valence-corrected chi connectivity index (χ4v) is 2.20. The Hall–Kier alpha value is -1.75. The molecule has 20 heavy (non-hydrogen) atoms. The number of benzene rings is 1. The molecule has 6 heteroatoms. The second-order valence-electron chi connectivity index (χ2n) is 4.58. The molecular formula is C14H17ClN2O3. The van der Waals surface area contributed by atoms with Crippen molar-refractivity contribution in [2.75, 3.05) is 26.2 Å². The number of para-hydroxylation sites is 1. The molecule has 2 rings (SSSR count). The van der Waals surface area contributed by atoms with Crippen molar-refractivity contribution in [3.63, 3.8) is 0 Å². The quantitative estimate of drug-likeness (QED) is 0.895. The second kappa shape index (κ2) is 7.14. The van der Waals surface area contributed by atoms with Crippen molar-refractivity contribution in [3.8, 4) is 5.75 Å². The van der Waals surface area contributed by atoms with E-state index in [4.69, 9.17) is 16.3 Å². The maximum atomic E-state index is 11.7. The molecule has 1 saturated heterocycles. The fourth-order valence-electron chi connectivity index (χ4n) is 2.01. The van der Waals surface area contributed by atoms with Gasteiger partial charge in [-0.3, -0.25) is 9.59 Å². The highest BCUT2D eigenvalue weighted by molar-refractivity contribution is 6.32. The molecule has 1 heterocycles. The predicted octanol–water partition coefficient (Wildman–Crippen LogP) is 1.46. The van der Waals surface area contributed by atoms with Crippen LogP contribution in [0.5, 0.6) is 5.75 Å². The molecule has 2 amide bonds. The lowest BCUT2D eigenvalue weighted by molar-refractivity contribution is -0.132. The Balaban J connectivity index is 1.70. The van der Waals surface area contributed by atoms with Gasteiger partial charge >= 0.3 is 0 Å². The Morgan fingerprint density at radius 3 is 2.65 bits per heavy atom. The third kappa shape index (κ3) is 4.13. The molecule has 0 atom stereocenters. The SMILES string of the molecule is O=C(COc1ccccc1Cl)NCC(=O)N1CCCC1. The van der Waals surface area contributed by atoms with E-state index in [0.717, 1.165) is 25.9 Å². The lowest BCUT2D eigenvalue weighted by atomic mass is 10.3. The summed E-state index contributed by atoms with van der Waals surface area (Å²) in [5.41, 5.74) is 0. The molecule has 0 aromatic heterocycles. The van der Waals surface area contributed by atoms with Crippen LogP contribution in [-0.2, 0) is 9.59 Å². The number of rotatable bonds is 5. The van der Waals surface area contributed by atoms with Gasteiger partial charge in [0.1, 0.15) is 5.75 Å². The maximum absolute atomic E-state index is 11.7. The van der Waals surface area contributed by atoms with Crippen LogP contribution >= 0.6 is 11.6 Å². The van der Waals surface area contributed by atoms with E-state index in [1.807, 2.05) is 0 Å². The van der Waals surface area contributed by atoms with Crippen molar-refractivity contribution in [1.29, 1.82) is 0 Å². The molecule has 5 nitrogen and oxygen atoms in total. The summed E-state index contributed by atoms with van der Waals surface area (Å²) in [6, 6.07) is 6.93. The third-order valence-corrected chi connectivity index (χ3v) is 3.40. The van der Waals surface area contributed by atoms with Crippen LogP contribution in [-0.4, -0.2) is 43.0 Å². The number of hydrogen-bond acceptors (Lipinski definition) is 3. The fraction of sp³-hybridized carbons (Fsp3) is 0.429. The minimum absolute atomic E-state index is 0.0186. The highest BCUT2D eigenvalue weighted by Gasteiger charge is 2.18. The van der Waals surface area contributed by atoms with Gasteiger partial charge in [0, 0.05) is 13.1 Å². The second-order valence-corrected chi connectivity index (χ2v) is 4.99. The lowest BCUT2D eigenvalue weighted by Crippen LogP contribution is -2.40. The number of nitrogens with zero attached hydrogens (tertiary/aromatic N) is 1. The number of amides is 2. The summed E-state index contributed by atoms with van der Waals surface area (Å²) in [5.74, 6) is 0.0706. The summed E-state index contributed by atoms with van der Waals surface area (Å²) in [6.07, 6.45) is 2.07. The number of nitrogens with one attached hydrogen (secondary N) is 1. The van der Waals surface area contributed by atoms with Gasteiger partial charge in [-0.1, -0.05) is 23.7 Å². The summed E-state index contributed by atoms with van der Waals surface area (Å²) in [7, 11) is 0. The average molecular weight is 297 g/mol. The monoisotopic (exact) mass is 296 g/mol. The average Bonchev–Trinajstić information content (AvgIpc) is 2.98. The smallest absolute Gasteiger partial charge is 0.258 e. The van der Waals surface area contributed by atoms with Crippen LogP contribution < -0.4 is 10.1 Å². The Morgan fingerprint density at radius 1 is 1.25 bits per heavy atom. The molecule has 108 valence electrons. The molecule has 0 saturated carbocycles. The van der Waals surface area contributed by atoms with Gasteiger partial charge in [0.2, 0.25) is 5.91 Å². The Kier molecular flexibility index (Phi) is 5.24. The van der Waals surface area contributed by atoms with E-state index in [9.17, 15) is 9.59 Å². The molecule has 1 fully saturated rings. The van der Waals surface area contributed by atoms with Crippen LogP contribution in [0.1, 0.15) is 12.8 Å². The van der Waals surface area contributed by atoms with Crippen LogP contribution in [0.25, 0.3) is 0 Å². The molecule has 0 spiro atoms. The van der Waals surface area contributed by atoms with Crippen LogP contribution in [0.4, 0.5) is 0 Å². The van der Waals surface area contributed by atoms with Gasteiger partial charge in [-0.05, 0) is 25.0 Å². The van der Waals surface area contributed by atoms with Crippen molar-refractivity contribution in [1.82, 2.24) is 10.2 Å². The molecule has 0 unspecified atom stereocenters. The van der Waals surface area contributed by atoms with Crippen LogP contribution in [0.15, 0.2) is 24.3 Å². The normalized spacial score (nSPS) is 14.2. The van der Waals surface area contributed by atoms with Gasteiger partial charge in [0.25, 0.3) is 5.91 Å². The Bertz CT molecular complexity index is 487. The van der Waals surface area contributed by atoms with E-state index in [1.54, 1.807) is 29.2 Å². The largest absolute Gasteiger partial charge is 0.482 e. The zero-order valence-corrected chi connectivity index (χ0v) is 11.9. The summed E-state index contributed by atoms with van der Waals surface area (Å²) in [5, 5.41) is 3.00. The third-order valence-electron chi connectivity index (χ3n) is 3.09. The topological polar surface area (TPSA) is 58.6 Å². The highest BCUT2D eigenvalue weighted by Crippen LogP contribution is 2.22. The van der Waals surface area contributed by atoms with E-state index >= 15 is 0 Å². The number of carbonyl (C=O) groups excluding carboxylic acids is 2. The van der Waals surface area contributed by atoms with Crippen LogP contribution in [0.3, 0.4) is 0 Å². The Morgan fingerprint density at radius 2 is 1.95 bits per heavy atom. The van der Waals surface area contributed by atoms with E-state index < -0.39 is 0 Å². The molecule has 1 N–H and O–H groups in total. The molecule has 1 aliphatic rings. The van der Waals surface area contributed by atoms with Gasteiger partial charge in [-0.15, -0.1) is 0 Å². The van der Waals surface area contributed by atoms with E-state index in [-0.39, 0.29) is 25.0 Å². The van der Waals surface area contributed by atoms with Crippen LogP contribution in [0.2, 0.25) is 5.02 Å². The first-order valence-corrected chi connectivity index (χ1v) is 6.96. The first kappa shape index (κ1) is 14.7. The number of likely N-dealkylation sites (tertiary alicyclic amines) is 1. The van der Waals surface area contributed by atoms with Crippen molar-refractivity contribution < 1.29 is 14.3 Å². The molecule has 0 radical (unpaired) electrons. The molecule has 1 aromatic rings. The number of halogens is 1. The Labute approximate surface area is 122 Å². The van der Waals surface area contributed by atoms with Gasteiger partial charge in [0.05, 0.1) is 11.6 Å². The summed E-state index contributed by atoms with van der Waals surface area (Å²) in [4.78, 5) is 25.1. The van der Waals surface area contributed by atoms with Gasteiger partial charge < -0.3 is 15.0 Å². The van der Waals surface area contributed by atoms with Gasteiger partial charge in [-0.25, -0.2) is 0 Å². The van der Waals surface area contributed by atoms with Crippen molar-refractivity contribution >= 4 is 23.4 Å². The zero-order chi connectivity index (χ0) is 14.4. The number of ether oxygens (including phenoxy) is 1. The first-order valence-electron chi connectivity index (χ1n) is 6.58. The standard InChI is InChI=1S/C14H17ClN2O3/c15-11-5-1-2-6-12(11)20-10-13(18)16-9-14(19)17-7-3-4-8-17/h1-2,5-6H,3-4,7-10H2,(H,16,18). The summed E-state index contributed by atoms with van der Waals surface area (Å²) in [6.45, 7) is 1.43. The predicted molar refractivity (Wildman–Crippen MR) is 75.8 cm³/mol. The minimum Gasteiger partial charge on any atom is -0.482 e. The maximum Gasteiger partial charge on any atom is 0.258 e. The molecule has 0 aliphatic carbocycles. The van der Waals surface area contributed by atoms with Crippen molar-refractivity contribution in [2.24, 2.45) is 0 Å². The first-order chi connectivity index (χ1) is 9.66. The molecule has 1 aromatic carbocycles. The molecule has 0 bridgehead atoms. The van der Waals surface area contributed by atoms with Crippen molar-refractivity contribution in [2.45, 2.75) is 12.8 Å². The summed E-state index contributed by atoms with van der Waals surface area (Å²) >= 11 is 5.90. The van der Waals surface area contributed by atoms with E-state index in [0.29, 0.717) is 10.8 Å². The molecule has 1 aliphatic heterocycles. The number of hydrogen-bond donors (Lipinski definition) is 1. The molecular weight excluding hydrogens is 280 g/mol. The van der Waals surface area contributed by atoms with Gasteiger partial charge in [-0.2, -0.15) is 0 Å².